The van der Waals surface area contributed by atoms with Gasteiger partial charge in [-0.2, -0.15) is 0 Å². The van der Waals surface area contributed by atoms with Crippen molar-refractivity contribution >= 4 is 0 Å². The number of aliphatic hydroxyl groups excluding tert-OH is 1. The molecule has 1 atom stereocenters. The van der Waals surface area contributed by atoms with Crippen molar-refractivity contribution in [3.05, 3.63) is 29.3 Å². The van der Waals surface area contributed by atoms with Gasteiger partial charge in [-0.25, -0.2) is 0 Å². The van der Waals surface area contributed by atoms with Crippen LogP contribution >= 0.6 is 0 Å². The summed E-state index contributed by atoms with van der Waals surface area (Å²) in [5.41, 5.74) is 2.06. The van der Waals surface area contributed by atoms with E-state index in [1.807, 2.05) is 39.0 Å². The molecule has 1 aromatic rings. The van der Waals surface area contributed by atoms with Crippen LogP contribution in [0.4, 0.5) is 0 Å². The van der Waals surface area contributed by atoms with Crippen molar-refractivity contribution in [2.24, 2.45) is 5.92 Å². The number of aliphatic hydroxyl groups is 1. The molecule has 0 fully saturated rings. The van der Waals surface area contributed by atoms with Gasteiger partial charge in [-0.05, 0) is 36.1 Å². The zero-order valence-corrected chi connectivity index (χ0v) is 9.24. The Morgan fingerprint density at radius 1 is 1.29 bits per heavy atom. The lowest BCUT2D eigenvalue weighted by Gasteiger charge is -2.17. The number of ether oxygens (including phenoxy) is 1. The van der Waals surface area contributed by atoms with E-state index in [9.17, 15) is 5.11 Å². The average Bonchev–Trinajstić information content (AvgIpc) is 2.17. The van der Waals surface area contributed by atoms with Crippen LogP contribution in [0.15, 0.2) is 18.2 Å². The van der Waals surface area contributed by atoms with Crippen LogP contribution in [0.2, 0.25) is 0 Å². The van der Waals surface area contributed by atoms with E-state index in [-0.39, 0.29) is 5.92 Å². The third kappa shape index (κ3) is 2.26. The van der Waals surface area contributed by atoms with Crippen molar-refractivity contribution in [2.45, 2.75) is 26.9 Å². The molecular weight excluding hydrogens is 176 g/mol. The Bertz CT molecular complexity index is 305. The summed E-state index contributed by atoms with van der Waals surface area (Å²) in [6, 6.07) is 5.78. The van der Waals surface area contributed by atoms with E-state index in [4.69, 9.17) is 4.74 Å². The van der Waals surface area contributed by atoms with Crippen LogP contribution in [-0.4, -0.2) is 12.2 Å². The number of benzene rings is 1. The lowest BCUT2D eigenvalue weighted by Crippen LogP contribution is -2.07. The summed E-state index contributed by atoms with van der Waals surface area (Å²) in [5, 5.41) is 9.94. The molecule has 0 heterocycles. The summed E-state index contributed by atoms with van der Waals surface area (Å²) in [6.45, 7) is 6.01. The summed E-state index contributed by atoms with van der Waals surface area (Å²) in [5.74, 6) is 1.02. The van der Waals surface area contributed by atoms with E-state index < -0.39 is 6.10 Å². The molecule has 0 aliphatic heterocycles. The van der Waals surface area contributed by atoms with Gasteiger partial charge in [0.1, 0.15) is 5.75 Å². The largest absolute Gasteiger partial charge is 0.497 e. The lowest BCUT2D eigenvalue weighted by molar-refractivity contribution is 0.126. The topological polar surface area (TPSA) is 29.5 Å². The summed E-state index contributed by atoms with van der Waals surface area (Å²) < 4.78 is 5.13. The Labute approximate surface area is 85.5 Å². The molecule has 0 aromatic heterocycles. The number of hydrogen-bond donors (Lipinski definition) is 1. The molecule has 0 aliphatic carbocycles. The molecule has 14 heavy (non-hydrogen) atoms. The first kappa shape index (κ1) is 11.1. The molecule has 0 radical (unpaired) electrons. The van der Waals surface area contributed by atoms with Gasteiger partial charge < -0.3 is 9.84 Å². The Hall–Kier alpha value is -1.02. The van der Waals surface area contributed by atoms with E-state index in [2.05, 4.69) is 0 Å². The SMILES string of the molecule is COc1ccc(C)c(C(O)C(C)C)c1. The first-order chi connectivity index (χ1) is 6.56. The molecule has 2 heteroatoms. The maximum Gasteiger partial charge on any atom is 0.119 e. The second-order valence-electron chi connectivity index (χ2n) is 3.91. The molecule has 0 aliphatic rings. The third-order valence-electron chi connectivity index (χ3n) is 2.44. The Morgan fingerprint density at radius 2 is 1.93 bits per heavy atom. The number of rotatable bonds is 3. The predicted molar refractivity (Wildman–Crippen MR) is 57.5 cm³/mol. The summed E-state index contributed by atoms with van der Waals surface area (Å²) in [4.78, 5) is 0. The number of aryl methyl sites for hydroxylation is 1. The van der Waals surface area contributed by atoms with E-state index in [0.717, 1.165) is 16.9 Å². The van der Waals surface area contributed by atoms with Gasteiger partial charge in [-0.1, -0.05) is 19.9 Å². The normalized spacial score (nSPS) is 13.0. The van der Waals surface area contributed by atoms with Gasteiger partial charge in [0.05, 0.1) is 13.2 Å². The maximum absolute atomic E-state index is 9.94. The van der Waals surface area contributed by atoms with E-state index >= 15 is 0 Å². The smallest absolute Gasteiger partial charge is 0.119 e. The standard InChI is InChI=1S/C12H18O2/c1-8(2)12(13)11-7-10(14-4)6-5-9(11)3/h5-8,12-13H,1-4H3. The van der Waals surface area contributed by atoms with Crippen LogP contribution in [0.25, 0.3) is 0 Å². The van der Waals surface area contributed by atoms with Gasteiger partial charge in [-0.3, -0.25) is 0 Å². The van der Waals surface area contributed by atoms with Crippen molar-refractivity contribution < 1.29 is 9.84 Å². The third-order valence-corrected chi connectivity index (χ3v) is 2.44. The number of hydrogen-bond acceptors (Lipinski definition) is 2. The van der Waals surface area contributed by atoms with Crippen LogP contribution in [0, 0.1) is 12.8 Å². The van der Waals surface area contributed by atoms with Crippen LogP contribution in [0.3, 0.4) is 0 Å². The molecule has 78 valence electrons. The highest BCUT2D eigenvalue weighted by Crippen LogP contribution is 2.27. The predicted octanol–water partition coefficient (Wildman–Crippen LogP) is 2.69. The Balaban J connectivity index is 3.05. The summed E-state index contributed by atoms with van der Waals surface area (Å²) in [6.07, 6.45) is -0.412. The van der Waals surface area contributed by atoms with Gasteiger partial charge in [-0.15, -0.1) is 0 Å². The van der Waals surface area contributed by atoms with E-state index in [0.29, 0.717) is 0 Å². The summed E-state index contributed by atoms with van der Waals surface area (Å²) >= 11 is 0. The number of methoxy groups -OCH3 is 1. The van der Waals surface area contributed by atoms with Crippen molar-refractivity contribution in [1.29, 1.82) is 0 Å². The van der Waals surface area contributed by atoms with Crippen LogP contribution < -0.4 is 4.74 Å². The molecule has 1 aromatic carbocycles. The molecule has 0 saturated heterocycles. The molecule has 1 rings (SSSR count). The van der Waals surface area contributed by atoms with Crippen LogP contribution in [0.1, 0.15) is 31.1 Å². The molecule has 0 amide bonds. The maximum atomic E-state index is 9.94. The minimum atomic E-state index is -0.412. The van der Waals surface area contributed by atoms with Crippen molar-refractivity contribution in [1.82, 2.24) is 0 Å². The molecule has 1 N–H and O–H groups in total. The highest BCUT2D eigenvalue weighted by atomic mass is 16.5. The second kappa shape index (κ2) is 4.47. The fourth-order valence-corrected chi connectivity index (χ4v) is 1.42. The second-order valence-corrected chi connectivity index (χ2v) is 3.91. The van der Waals surface area contributed by atoms with Gasteiger partial charge in [0, 0.05) is 0 Å². The highest BCUT2D eigenvalue weighted by molar-refractivity contribution is 5.36. The van der Waals surface area contributed by atoms with Crippen LogP contribution in [-0.2, 0) is 0 Å². The van der Waals surface area contributed by atoms with Gasteiger partial charge in [0.2, 0.25) is 0 Å². The van der Waals surface area contributed by atoms with E-state index in [1.54, 1.807) is 7.11 Å². The minimum Gasteiger partial charge on any atom is -0.497 e. The minimum absolute atomic E-state index is 0.223. The van der Waals surface area contributed by atoms with Crippen molar-refractivity contribution in [2.75, 3.05) is 7.11 Å². The van der Waals surface area contributed by atoms with Gasteiger partial charge in [0.15, 0.2) is 0 Å². The monoisotopic (exact) mass is 194 g/mol. The average molecular weight is 194 g/mol. The first-order valence-electron chi connectivity index (χ1n) is 4.89. The van der Waals surface area contributed by atoms with Crippen molar-refractivity contribution in [3.63, 3.8) is 0 Å². The molecule has 0 bridgehead atoms. The molecular formula is C12H18O2. The molecule has 0 saturated carbocycles. The zero-order chi connectivity index (χ0) is 10.7. The quantitative estimate of drug-likeness (QED) is 0.801. The van der Waals surface area contributed by atoms with E-state index in [1.165, 1.54) is 0 Å². The van der Waals surface area contributed by atoms with Crippen LogP contribution in [0.5, 0.6) is 5.75 Å². The lowest BCUT2D eigenvalue weighted by atomic mass is 9.95. The molecule has 1 unspecified atom stereocenters. The zero-order valence-electron chi connectivity index (χ0n) is 9.24. The Morgan fingerprint density at radius 3 is 2.43 bits per heavy atom. The van der Waals surface area contributed by atoms with Crippen molar-refractivity contribution in [3.8, 4) is 5.75 Å². The first-order valence-corrected chi connectivity index (χ1v) is 4.89. The molecule has 2 nitrogen and oxygen atoms in total. The highest BCUT2D eigenvalue weighted by Gasteiger charge is 2.14. The fraction of sp³-hybridized carbons (Fsp3) is 0.500. The fourth-order valence-electron chi connectivity index (χ4n) is 1.42. The van der Waals surface area contributed by atoms with Gasteiger partial charge >= 0.3 is 0 Å². The summed E-state index contributed by atoms with van der Waals surface area (Å²) in [7, 11) is 1.64. The van der Waals surface area contributed by atoms with Gasteiger partial charge in [0.25, 0.3) is 0 Å². The molecule has 0 spiro atoms. The Kier molecular flexibility index (Phi) is 3.53.